The average Bonchev–Trinajstić information content (AvgIpc) is 3.12. The van der Waals surface area contributed by atoms with E-state index in [1.54, 1.807) is 25.1 Å². The zero-order valence-corrected chi connectivity index (χ0v) is 17.7. The van der Waals surface area contributed by atoms with Gasteiger partial charge in [-0.3, -0.25) is 15.1 Å². The molecule has 0 saturated heterocycles. The number of rotatable bonds is 4. The Morgan fingerprint density at radius 1 is 1.31 bits per heavy atom. The number of amides is 1. The van der Waals surface area contributed by atoms with Gasteiger partial charge in [-0.05, 0) is 24.6 Å². The number of carbonyl (C=O) groups is 1. The van der Waals surface area contributed by atoms with Gasteiger partial charge in [0.1, 0.15) is 5.69 Å². The Balaban J connectivity index is 1.55. The summed E-state index contributed by atoms with van der Waals surface area (Å²) in [7, 11) is -3.69. The van der Waals surface area contributed by atoms with Gasteiger partial charge in [0.15, 0.2) is 5.13 Å². The highest BCUT2D eigenvalue weighted by molar-refractivity contribution is 7.89. The molecular weight excluding hydrogens is 434 g/mol. The van der Waals surface area contributed by atoms with Crippen LogP contribution in [0, 0.1) is 6.92 Å². The normalized spacial score (nSPS) is 14.4. The predicted molar refractivity (Wildman–Crippen MR) is 110 cm³/mol. The van der Waals surface area contributed by atoms with Crippen LogP contribution >= 0.6 is 22.9 Å². The molecule has 8 nitrogen and oxygen atoms in total. The molecule has 0 atom stereocenters. The molecule has 0 unspecified atom stereocenters. The minimum atomic E-state index is -3.69. The first-order chi connectivity index (χ1) is 13.9. The molecule has 1 aliphatic rings. The molecule has 150 valence electrons. The lowest BCUT2D eigenvalue weighted by atomic mass is 10.2. The summed E-state index contributed by atoms with van der Waals surface area (Å²) in [5.74, 6) is -0.414. The van der Waals surface area contributed by atoms with E-state index in [9.17, 15) is 13.2 Å². The summed E-state index contributed by atoms with van der Waals surface area (Å²) in [6.07, 6.45) is 4.74. The van der Waals surface area contributed by atoms with Crippen LogP contribution in [0.2, 0.25) is 5.02 Å². The summed E-state index contributed by atoms with van der Waals surface area (Å²) >= 11 is 7.36. The molecule has 1 amide bonds. The number of hydrogen-bond acceptors (Lipinski definition) is 7. The average molecular weight is 450 g/mol. The topological polar surface area (TPSA) is 105 Å². The SMILES string of the molecule is Cc1c(Cl)cccc1S(=O)(=O)N1CCc2nc(NC(=O)c3cnccn3)sc2C1. The highest BCUT2D eigenvalue weighted by atomic mass is 35.5. The van der Waals surface area contributed by atoms with Crippen LogP contribution in [-0.2, 0) is 23.0 Å². The van der Waals surface area contributed by atoms with Crippen molar-refractivity contribution in [3.8, 4) is 0 Å². The van der Waals surface area contributed by atoms with Gasteiger partial charge < -0.3 is 0 Å². The number of thiazole rings is 1. The number of carbonyl (C=O) groups excluding carboxylic acids is 1. The van der Waals surface area contributed by atoms with Crippen LogP contribution in [0.15, 0.2) is 41.7 Å². The van der Waals surface area contributed by atoms with Gasteiger partial charge in [0.2, 0.25) is 10.0 Å². The largest absolute Gasteiger partial charge is 0.296 e. The molecule has 0 aliphatic carbocycles. The highest BCUT2D eigenvalue weighted by Crippen LogP contribution is 2.33. The van der Waals surface area contributed by atoms with Gasteiger partial charge in [-0.1, -0.05) is 17.7 Å². The van der Waals surface area contributed by atoms with Gasteiger partial charge in [-0.2, -0.15) is 4.31 Å². The van der Waals surface area contributed by atoms with Crippen LogP contribution in [0.3, 0.4) is 0 Å². The molecule has 0 radical (unpaired) electrons. The standard InChI is InChI=1S/C18H16ClN5O3S2/c1-11-12(19)3-2-4-16(11)29(26,27)24-8-5-13-15(10-24)28-18(22-13)23-17(25)14-9-20-6-7-21-14/h2-4,6-7,9H,5,8,10H2,1H3,(H,22,23,25). The number of fused-ring (bicyclic) bond motifs is 1. The van der Waals surface area contributed by atoms with Gasteiger partial charge in [0, 0.05) is 35.3 Å². The van der Waals surface area contributed by atoms with E-state index in [2.05, 4.69) is 20.3 Å². The maximum absolute atomic E-state index is 13.1. The van der Waals surface area contributed by atoms with E-state index >= 15 is 0 Å². The van der Waals surface area contributed by atoms with Gasteiger partial charge >= 0.3 is 0 Å². The van der Waals surface area contributed by atoms with Crippen molar-refractivity contribution in [2.24, 2.45) is 0 Å². The van der Waals surface area contributed by atoms with Crippen molar-refractivity contribution in [1.82, 2.24) is 19.3 Å². The van der Waals surface area contributed by atoms with E-state index in [1.165, 1.54) is 34.2 Å². The van der Waals surface area contributed by atoms with Crippen molar-refractivity contribution < 1.29 is 13.2 Å². The molecule has 1 aromatic carbocycles. The second-order valence-electron chi connectivity index (χ2n) is 6.39. The van der Waals surface area contributed by atoms with Crippen molar-refractivity contribution in [2.75, 3.05) is 11.9 Å². The monoisotopic (exact) mass is 449 g/mol. The molecule has 1 N–H and O–H groups in total. The Hall–Kier alpha value is -2.40. The third-order valence-electron chi connectivity index (χ3n) is 4.55. The van der Waals surface area contributed by atoms with Crippen LogP contribution < -0.4 is 5.32 Å². The lowest BCUT2D eigenvalue weighted by Gasteiger charge is -2.26. The first-order valence-corrected chi connectivity index (χ1v) is 11.3. The molecule has 11 heteroatoms. The van der Waals surface area contributed by atoms with Crippen molar-refractivity contribution in [1.29, 1.82) is 0 Å². The molecule has 0 saturated carbocycles. The van der Waals surface area contributed by atoms with Gasteiger partial charge in [0.25, 0.3) is 5.91 Å². The number of sulfonamides is 1. The summed E-state index contributed by atoms with van der Waals surface area (Å²) in [5, 5.41) is 3.52. The first kappa shape index (κ1) is 19.9. The second-order valence-corrected chi connectivity index (χ2v) is 9.78. The molecule has 29 heavy (non-hydrogen) atoms. The third kappa shape index (κ3) is 3.88. The summed E-state index contributed by atoms with van der Waals surface area (Å²) in [5.41, 5.74) is 1.50. The highest BCUT2D eigenvalue weighted by Gasteiger charge is 2.32. The number of anilines is 1. The van der Waals surface area contributed by atoms with Crippen LogP contribution in [0.4, 0.5) is 5.13 Å². The first-order valence-electron chi connectivity index (χ1n) is 8.67. The molecule has 0 fully saturated rings. The molecule has 4 rings (SSSR count). The van der Waals surface area contributed by atoms with Gasteiger partial charge in [0.05, 0.1) is 23.3 Å². The lowest BCUT2D eigenvalue weighted by Crippen LogP contribution is -2.35. The number of nitrogens with zero attached hydrogens (tertiary/aromatic N) is 4. The Labute approximate surface area is 176 Å². The second kappa shape index (κ2) is 7.79. The predicted octanol–water partition coefficient (Wildman–Crippen LogP) is 2.89. The van der Waals surface area contributed by atoms with Crippen molar-refractivity contribution in [3.63, 3.8) is 0 Å². The fourth-order valence-corrected chi connectivity index (χ4v) is 6.00. The van der Waals surface area contributed by atoms with Crippen molar-refractivity contribution in [2.45, 2.75) is 24.8 Å². The summed E-state index contributed by atoms with van der Waals surface area (Å²) in [6, 6.07) is 4.86. The summed E-state index contributed by atoms with van der Waals surface area (Å²) in [4.78, 5) is 25.5. The van der Waals surface area contributed by atoms with Crippen molar-refractivity contribution >= 4 is 44.0 Å². The molecule has 1 aliphatic heterocycles. The molecule has 3 heterocycles. The maximum atomic E-state index is 13.1. The van der Waals surface area contributed by atoms with Crippen LogP contribution in [-0.4, -0.2) is 40.1 Å². The quantitative estimate of drug-likeness (QED) is 0.656. The van der Waals surface area contributed by atoms with E-state index < -0.39 is 15.9 Å². The molecule has 2 aromatic heterocycles. The molecular formula is C18H16ClN5O3S2. The zero-order chi connectivity index (χ0) is 20.6. The van der Waals surface area contributed by atoms with Crippen LogP contribution in [0.25, 0.3) is 0 Å². The zero-order valence-electron chi connectivity index (χ0n) is 15.3. The van der Waals surface area contributed by atoms with E-state index in [0.717, 1.165) is 10.6 Å². The van der Waals surface area contributed by atoms with E-state index in [-0.39, 0.29) is 17.1 Å². The van der Waals surface area contributed by atoms with E-state index in [0.29, 0.717) is 28.7 Å². The maximum Gasteiger partial charge on any atom is 0.277 e. The molecule has 0 spiro atoms. The molecule has 0 bridgehead atoms. The Morgan fingerprint density at radius 3 is 2.90 bits per heavy atom. The van der Waals surface area contributed by atoms with Crippen LogP contribution in [0.5, 0.6) is 0 Å². The lowest BCUT2D eigenvalue weighted by molar-refractivity contribution is 0.102. The summed E-state index contributed by atoms with van der Waals surface area (Å²) in [6.45, 7) is 2.20. The number of nitrogens with one attached hydrogen (secondary N) is 1. The fraction of sp³-hybridized carbons (Fsp3) is 0.222. The minimum Gasteiger partial charge on any atom is -0.296 e. The smallest absolute Gasteiger partial charge is 0.277 e. The minimum absolute atomic E-state index is 0.182. The Kier molecular flexibility index (Phi) is 5.34. The van der Waals surface area contributed by atoms with Crippen LogP contribution in [0.1, 0.15) is 26.6 Å². The van der Waals surface area contributed by atoms with E-state index in [1.807, 2.05) is 0 Å². The number of halogens is 1. The number of hydrogen-bond donors (Lipinski definition) is 1. The number of benzene rings is 1. The Bertz CT molecular complexity index is 1180. The van der Waals surface area contributed by atoms with Gasteiger partial charge in [-0.25, -0.2) is 18.4 Å². The Morgan fingerprint density at radius 2 is 2.14 bits per heavy atom. The van der Waals surface area contributed by atoms with Gasteiger partial charge in [-0.15, -0.1) is 11.3 Å². The fourth-order valence-electron chi connectivity index (χ4n) is 3.01. The number of aromatic nitrogens is 3. The van der Waals surface area contributed by atoms with E-state index in [4.69, 9.17) is 11.6 Å². The summed E-state index contributed by atoms with van der Waals surface area (Å²) < 4.78 is 27.6. The third-order valence-corrected chi connectivity index (χ3v) is 7.95. The van der Waals surface area contributed by atoms with Crippen molar-refractivity contribution in [3.05, 3.63) is 63.6 Å². The molecule has 3 aromatic rings.